The van der Waals surface area contributed by atoms with Gasteiger partial charge in [0, 0.05) is 45.6 Å². The Bertz CT molecular complexity index is 483. The molecule has 23 heavy (non-hydrogen) atoms. The van der Waals surface area contributed by atoms with Gasteiger partial charge in [-0.1, -0.05) is 12.1 Å². The van der Waals surface area contributed by atoms with Crippen LogP contribution in [0.15, 0.2) is 18.2 Å². The third-order valence-electron chi connectivity index (χ3n) is 4.63. The first-order chi connectivity index (χ1) is 11.4. The molecule has 2 aliphatic heterocycles. The summed E-state index contributed by atoms with van der Waals surface area (Å²) in [7, 11) is 1.74. The Balaban J connectivity index is 1.63. The molecule has 0 radical (unpaired) electrons. The van der Waals surface area contributed by atoms with Gasteiger partial charge < -0.3 is 24.4 Å². The van der Waals surface area contributed by atoms with Crippen molar-refractivity contribution < 1.29 is 14.2 Å². The number of hydrogen-bond donors (Lipinski definition) is 1. The van der Waals surface area contributed by atoms with Crippen LogP contribution in [-0.4, -0.2) is 64.1 Å². The summed E-state index contributed by atoms with van der Waals surface area (Å²) in [6.07, 6.45) is 3.14. The van der Waals surface area contributed by atoms with Crippen LogP contribution in [0.5, 0.6) is 11.5 Å². The Morgan fingerprint density at radius 3 is 2.74 bits per heavy atom. The van der Waals surface area contributed by atoms with Crippen LogP contribution in [0.4, 0.5) is 0 Å². The maximum Gasteiger partial charge on any atom is 0.163 e. The van der Waals surface area contributed by atoms with Crippen molar-refractivity contribution in [1.29, 1.82) is 0 Å². The highest BCUT2D eigenvalue weighted by atomic mass is 16.5. The fourth-order valence-corrected chi connectivity index (χ4v) is 3.27. The fourth-order valence-electron chi connectivity index (χ4n) is 3.27. The van der Waals surface area contributed by atoms with Gasteiger partial charge in [-0.3, -0.25) is 0 Å². The first kappa shape index (κ1) is 16.6. The van der Waals surface area contributed by atoms with Crippen LogP contribution in [0.1, 0.15) is 18.4 Å². The number of rotatable bonds is 6. The molecule has 0 atom stereocenters. The molecule has 1 aromatic carbocycles. The number of methoxy groups -OCH3 is 1. The lowest BCUT2D eigenvalue weighted by Gasteiger charge is -2.28. The third-order valence-corrected chi connectivity index (χ3v) is 4.63. The molecule has 2 saturated heterocycles. The molecular weight excluding hydrogens is 292 g/mol. The monoisotopic (exact) mass is 320 g/mol. The van der Waals surface area contributed by atoms with Crippen molar-refractivity contribution >= 4 is 0 Å². The van der Waals surface area contributed by atoms with E-state index in [4.69, 9.17) is 14.2 Å². The van der Waals surface area contributed by atoms with E-state index in [-0.39, 0.29) is 6.10 Å². The molecule has 2 fully saturated rings. The Kier molecular flexibility index (Phi) is 6.13. The molecule has 2 aliphatic rings. The maximum absolute atomic E-state index is 6.18. The summed E-state index contributed by atoms with van der Waals surface area (Å²) in [6, 6.07) is 6.24. The largest absolute Gasteiger partial charge is 0.493 e. The number of hydrogen-bond acceptors (Lipinski definition) is 5. The number of ether oxygens (including phenoxy) is 3. The summed E-state index contributed by atoms with van der Waals surface area (Å²) < 4.78 is 17.3. The van der Waals surface area contributed by atoms with Crippen LogP contribution < -0.4 is 14.8 Å². The van der Waals surface area contributed by atoms with E-state index in [0.717, 1.165) is 76.7 Å². The highest BCUT2D eigenvalue weighted by molar-refractivity contribution is 5.47. The minimum absolute atomic E-state index is 0.237. The van der Waals surface area contributed by atoms with E-state index in [9.17, 15) is 0 Å². The lowest BCUT2D eigenvalue weighted by atomic mass is 10.1. The molecule has 1 aromatic rings. The summed E-state index contributed by atoms with van der Waals surface area (Å²) in [5, 5.41) is 3.39. The van der Waals surface area contributed by atoms with E-state index in [2.05, 4.69) is 22.3 Å². The van der Waals surface area contributed by atoms with Gasteiger partial charge in [0.1, 0.15) is 6.10 Å². The van der Waals surface area contributed by atoms with Gasteiger partial charge >= 0.3 is 0 Å². The Morgan fingerprint density at radius 2 is 2.00 bits per heavy atom. The van der Waals surface area contributed by atoms with E-state index >= 15 is 0 Å². The first-order valence-electron chi connectivity index (χ1n) is 8.70. The average Bonchev–Trinajstić information content (AvgIpc) is 2.62. The van der Waals surface area contributed by atoms with E-state index in [1.165, 1.54) is 5.56 Å². The van der Waals surface area contributed by atoms with Crippen LogP contribution >= 0.6 is 0 Å². The molecule has 0 bridgehead atoms. The molecule has 0 aliphatic carbocycles. The van der Waals surface area contributed by atoms with Gasteiger partial charge in [-0.05, 0) is 18.1 Å². The van der Waals surface area contributed by atoms with Crippen molar-refractivity contribution in [2.45, 2.75) is 25.4 Å². The summed E-state index contributed by atoms with van der Waals surface area (Å²) in [5.74, 6) is 1.77. The van der Waals surface area contributed by atoms with E-state index in [0.29, 0.717) is 0 Å². The Morgan fingerprint density at radius 1 is 1.22 bits per heavy atom. The standard InChI is InChI=1S/C18H28N2O3/c1-21-18-15(5-10-20-11-8-19-9-12-20)3-2-4-17(18)23-16-6-13-22-14-7-16/h2-4,16,19H,5-14H2,1H3. The maximum atomic E-state index is 6.18. The summed E-state index contributed by atoms with van der Waals surface area (Å²) >= 11 is 0. The van der Waals surface area contributed by atoms with Gasteiger partial charge in [0.05, 0.1) is 20.3 Å². The normalized spacial score (nSPS) is 20.4. The lowest BCUT2D eigenvalue weighted by Crippen LogP contribution is -2.44. The minimum atomic E-state index is 0.237. The molecule has 5 heteroatoms. The van der Waals surface area contributed by atoms with E-state index in [1.54, 1.807) is 7.11 Å². The second-order valence-electron chi connectivity index (χ2n) is 6.22. The van der Waals surface area contributed by atoms with Gasteiger partial charge in [0.25, 0.3) is 0 Å². The van der Waals surface area contributed by atoms with Gasteiger partial charge in [0.2, 0.25) is 0 Å². The highest BCUT2D eigenvalue weighted by Crippen LogP contribution is 2.33. The zero-order valence-electron chi connectivity index (χ0n) is 14.1. The quantitative estimate of drug-likeness (QED) is 0.864. The fraction of sp³-hybridized carbons (Fsp3) is 0.667. The molecule has 2 heterocycles. The summed E-state index contributed by atoms with van der Waals surface area (Å²) in [4.78, 5) is 2.50. The molecule has 5 nitrogen and oxygen atoms in total. The minimum Gasteiger partial charge on any atom is -0.493 e. The second-order valence-corrected chi connectivity index (χ2v) is 6.22. The summed E-state index contributed by atoms with van der Waals surface area (Å²) in [5.41, 5.74) is 1.23. The van der Waals surface area contributed by atoms with Gasteiger partial charge in [-0.15, -0.1) is 0 Å². The Hall–Kier alpha value is -1.30. The molecule has 1 N–H and O–H groups in total. The van der Waals surface area contributed by atoms with Crippen molar-refractivity contribution in [3.63, 3.8) is 0 Å². The van der Waals surface area contributed by atoms with Crippen molar-refractivity contribution in [2.24, 2.45) is 0 Å². The summed E-state index contributed by atoms with van der Waals surface area (Å²) in [6.45, 7) is 7.07. The lowest BCUT2D eigenvalue weighted by molar-refractivity contribution is 0.0245. The highest BCUT2D eigenvalue weighted by Gasteiger charge is 2.19. The predicted molar refractivity (Wildman–Crippen MR) is 90.5 cm³/mol. The van der Waals surface area contributed by atoms with Crippen molar-refractivity contribution in [3.8, 4) is 11.5 Å². The zero-order chi connectivity index (χ0) is 15.9. The smallest absolute Gasteiger partial charge is 0.163 e. The van der Waals surface area contributed by atoms with Gasteiger partial charge in [-0.25, -0.2) is 0 Å². The van der Waals surface area contributed by atoms with Crippen molar-refractivity contribution in [3.05, 3.63) is 23.8 Å². The average molecular weight is 320 g/mol. The SMILES string of the molecule is COc1c(CCN2CCNCC2)cccc1OC1CCOCC1. The second kappa shape index (κ2) is 8.52. The number of nitrogens with one attached hydrogen (secondary N) is 1. The molecule has 0 spiro atoms. The number of piperazine rings is 1. The van der Waals surface area contributed by atoms with Crippen molar-refractivity contribution in [2.75, 3.05) is 53.0 Å². The topological polar surface area (TPSA) is 43.0 Å². The molecule has 0 saturated carbocycles. The molecule has 3 rings (SSSR count). The van der Waals surface area contributed by atoms with Gasteiger partial charge in [-0.2, -0.15) is 0 Å². The van der Waals surface area contributed by atoms with Gasteiger partial charge in [0.15, 0.2) is 11.5 Å². The zero-order valence-corrected chi connectivity index (χ0v) is 14.1. The van der Waals surface area contributed by atoms with E-state index < -0.39 is 0 Å². The van der Waals surface area contributed by atoms with Crippen molar-refractivity contribution in [1.82, 2.24) is 10.2 Å². The number of para-hydroxylation sites is 1. The Labute approximate surface area is 138 Å². The number of nitrogens with zero attached hydrogens (tertiary/aromatic N) is 1. The molecule has 128 valence electrons. The van der Waals surface area contributed by atoms with Crippen LogP contribution in [0.25, 0.3) is 0 Å². The van der Waals surface area contributed by atoms with Crippen LogP contribution in [0.3, 0.4) is 0 Å². The molecule has 0 aromatic heterocycles. The van der Waals surface area contributed by atoms with E-state index in [1.807, 2.05) is 6.07 Å². The molecule has 0 amide bonds. The molecular formula is C18H28N2O3. The van der Waals surface area contributed by atoms with Crippen LogP contribution in [0, 0.1) is 0 Å². The third kappa shape index (κ3) is 4.59. The van der Waals surface area contributed by atoms with Crippen LogP contribution in [-0.2, 0) is 11.2 Å². The molecule has 0 unspecified atom stereocenters. The predicted octanol–water partition coefficient (Wildman–Crippen LogP) is 1.70. The van der Waals surface area contributed by atoms with Crippen LogP contribution in [0.2, 0.25) is 0 Å². The number of benzene rings is 1. The first-order valence-corrected chi connectivity index (χ1v) is 8.70.